The first-order valence-corrected chi connectivity index (χ1v) is 11.1. The number of carbonyl (C=O) groups excluding carboxylic acids is 1. The molecule has 27 heavy (non-hydrogen) atoms. The summed E-state index contributed by atoms with van der Waals surface area (Å²) in [5.74, 6) is -0.163. The zero-order valence-corrected chi connectivity index (χ0v) is 16.7. The molecular weight excluding hydrogens is 411 g/mol. The van der Waals surface area contributed by atoms with Gasteiger partial charge in [0.15, 0.2) is 0 Å². The first kappa shape index (κ1) is 20.1. The highest BCUT2D eigenvalue weighted by molar-refractivity contribution is 8.00. The van der Waals surface area contributed by atoms with E-state index in [9.17, 15) is 17.6 Å². The van der Waals surface area contributed by atoms with Crippen LogP contribution in [0.4, 0.5) is 4.39 Å². The summed E-state index contributed by atoms with van der Waals surface area (Å²) in [6.45, 7) is 1.10. The fraction of sp³-hybridized carbons (Fsp3) is 0.278. The van der Waals surface area contributed by atoms with E-state index in [1.807, 2.05) is 0 Å². The Bertz CT molecular complexity index is 914. The van der Waals surface area contributed by atoms with Gasteiger partial charge in [0.05, 0.1) is 10.8 Å². The summed E-state index contributed by atoms with van der Waals surface area (Å²) in [6.07, 6.45) is 0. The van der Waals surface area contributed by atoms with Gasteiger partial charge in [0, 0.05) is 31.1 Å². The lowest BCUT2D eigenvalue weighted by atomic mass is 10.3. The molecule has 1 fully saturated rings. The van der Waals surface area contributed by atoms with Crippen LogP contribution in [-0.2, 0) is 14.8 Å². The number of nitrogens with zero attached hydrogens (tertiary/aromatic N) is 2. The Morgan fingerprint density at radius 3 is 2.30 bits per heavy atom. The maximum absolute atomic E-state index is 12.9. The minimum atomic E-state index is -3.68. The third-order valence-electron chi connectivity index (χ3n) is 4.22. The fourth-order valence-electron chi connectivity index (χ4n) is 2.74. The van der Waals surface area contributed by atoms with Crippen molar-refractivity contribution in [1.29, 1.82) is 0 Å². The van der Waals surface area contributed by atoms with Gasteiger partial charge in [0.25, 0.3) is 0 Å². The van der Waals surface area contributed by atoms with Crippen LogP contribution in [-0.4, -0.2) is 55.5 Å². The smallest absolute Gasteiger partial charge is 0.244 e. The van der Waals surface area contributed by atoms with Crippen molar-refractivity contribution in [2.45, 2.75) is 9.79 Å². The number of amides is 1. The van der Waals surface area contributed by atoms with Crippen LogP contribution < -0.4 is 0 Å². The zero-order chi connectivity index (χ0) is 19.4. The van der Waals surface area contributed by atoms with Crippen molar-refractivity contribution < 1.29 is 17.6 Å². The predicted octanol–water partition coefficient (Wildman–Crippen LogP) is 3.10. The number of carbonyl (C=O) groups is 1. The van der Waals surface area contributed by atoms with Crippen LogP contribution in [0.3, 0.4) is 0 Å². The van der Waals surface area contributed by atoms with Crippen molar-refractivity contribution in [2.24, 2.45) is 0 Å². The Morgan fingerprint density at radius 1 is 1.04 bits per heavy atom. The van der Waals surface area contributed by atoms with E-state index in [-0.39, 0.29) is 40.5 Å². The number of piperazine rings is 1. The Kier molecular flexibility index (Phi) is 6.41. The Labute approximate surface area is 167 Å². The molecule has 144 valence electrons. The minimum Gasteiger partial charge on any atom is -0.339 e. The molecule has 1 aliphatic heterocycles. The molecule has 2 aromatic rings. The van der Waals surface area contributed by atoms with Crippen LogP contribution in [0.15, 0.2) is 58.3 Å². The van der Waals surface area contributed by atoms with Crippen LogP contribution in [0.25, 0.3) is 0 Å². The van der Waals surface area contributed by atoms with E-state index >= 15 is 0 Å². The lowest BCUT2D eigenvalue weighted by molar-refractivity contribution is -0.129. The van der Waals surface area contributed by atoms with Crippen molar-refractivity contribution in [3.05, 3.63) is 59.4 Å². The quantitative estimate of drug-likeness (QED) is 0.686. The molecule has 2 aromatic carbocycles. The second-order valence-electron chi connectivity index (χ2n) is 5.96. The first-order valence-electron chi connectivity index (χ1n) is 8.29. The maximum Gasteiger partial charge on any atom is 0.244 e. The first-order chi connectivity index (χ1) is 12.9. The molecule has 0 aliphatic carbocycles. The maximum atomic E-state index is 12.9. The summed E-state index contributed by atoms with van der Waals surface area (Å²) >= 11 is 7.35. The molecule has 9 heteroatoms. The standard InChI is InChI=1S/C18H18ClFN2O3S2/c19-16-3-1-2-4-17(16)27(24,25)22-11-9-21(10-12-22)18(23)13-26-15-7-5-14(20)6-8-15/h1-8H,9-13H2. The van der Waals surface area contributed by atoms with Gasteiger partial charge in [0.2, 0.25) is 15.9 Å². The Balaban J connectivity index is 1.56. The average molecular weight is 429 g/mol. The van der Waals surface area contributed by atoms with Crippen LogP contribution in [0, 0.1) is 5.82 Å². The van der Waals surface area contributed by atoms with Crippen LogP contribution in [0.5, 0.6) is 0 Å². The van der Waals surface area contributed by atoms with Crippen LogP contribution >= 0.6 is 23.4 Å². The molecule has 0 saturated carbocycles. The van der Waals surface area contributed by atoms with Gasteiger partial charge in [0.1, 0.15) is 10.7 Å². The SMILES string of the molecule is O=C(CSc1ccc(F)cc1)N1CCN(S(=O)(=O)c2ccccc2Cl)CC1. The van der Waals surface area contributed by atoms with E-state index in [0.717, 1.165) is 4.90 Å². The minimum absolute atomic E-state index is 0.0703. The molecule has 5 nitrogen and oxygen atoms in total. The third kappa shape index (κ3) is 4.82. The predicted molar refractivity (Wildman–Crippen MR) is 104 cm³/mol. The monoisotopic (exact) mass is 428 g/mol. The largest absolute Gasteiger partial charge is 0.339 e. The molecule has 1 heterocycles. The number of hydrogen-bond donors (Lipinski definition) is 0. The number of benzene rings is 2. The van der Waals surface area contributed by atoms with Gasteiger partial charge in [-0.3, -0.25) is 4.79 Å². The molecule has 0 unspecified atom stereocenters. The van der Waals surface area contributed by atoms with Crippen molar-refractivity contribution in [1.82, 2.24) is 9.21 Å². The molecule has 1 saturated heterocycles. The molecule has 0 atom stereocenters. The topological polar surface area (TPSA) is 57.7 Å². The van der Waals surface area contributed by atoms with Crippen LogP contribution in [0.1, 0.15) is 0 Å². The van der Waals surface area contributed by atoms with E-state index in [1.54, 1.807) is 35.2 Å². The molecule has 0 radical (unpaired) electrons. The Morgan fingerprint density at radius 2 is 1.67 bits per heavy atom. The lowest BCUT2D eigenvalue weighted by Gasteiger charge is -2.34. The van der Waals surface area contributed by atoms with Crippen molar-refractivity contribution in [3.8, 4) is 0 Å². The molecular formula is C18H18ClFN2O3S2. The van der Waals surface area contributed by atoms with Gasteiger partial charge in [-0.1, -0.05) is 23.7 Å². The number of halogens is 2. The normalized spacial score (nSPS) is 15.7. The van der Waals surface area contributed by atoms with Gasteiger partial charge >= 0.3 is 0 Å². The summed E-state index contributed by atoms with van der Waals surface area (Å²) in [6, 6.07) is 12.3. The van der Waals surface area contributed by atoms with Gasteiger partial charge in [-0.05, 0) is 36.4 Å². The second kappa shape index (κ2) is 8.60. The summed E-state index contributed by atoms with van der Waals surface area (Å²) in [5, 5.41) is 0.187. The molecule has 1 amide bonds. The van der Waals surface area contributed by atoms with Gasteiger partial charge in [-0.15, -0.1) is 11.8 Å². The lowest BCUT2D eigenvalue weighted by Crippen LogP contribution is -2.51. The average Bonchev–Trinajstić information content (AvgIpc) is 2.67. The van der Waals surface area contributed by atoms with Gasteiger partial charge in [-0.25, -0.2) is 12.8 Å². The zero-order valence-electron chi connectivity index (χ0n) is 14.3. The number of rotatable bonds is 5. The van der Waals surface area contributed by atoms with Crippen LogP contribution in [0.2, 0.25) is 5.02 Å². The van der Waals surface area contributed by atoms with Crippen molar-refractivity contribution >= 4 is 39.3 Å². The highest BCUT2D eigenvalue weighted by Crippen LogP contribution is 2.25. The number of thioether (sulfide) groups is 1. The van der Waals surface area contributed by atoms with E-state index in [1.165, 1.54) is 34.3 Å². The summed E-state index contributed by atoms with van der Waals surface area (Å²) < 4.78 is 39.7. The van der Waals surface area contributed by atoms with Crippen molar-refractivity contribution in [2.75, 3.05) is 31.9 Å². The number of hydrogen-bond acceptors (Lipinski definition) is 4. The van der Waals surface area contributed by atoms with Gasteiger partial charge < -0.3 is 4.90 Å². The number of sulfonamides is 1. The molecule has 0 spiro atoms. The second-order valence-corrected chi connectivity index (χ2v) is 9.32. The molecule has 3 rings (SSSR count). The van der Waals surface area contributed by atoms with E-state index in [0.29, 0.717) is 13.1 Å². The highest BCUT2D eigenvalue weighted by atomic mass is 35.5. The highest BCUT2D eigenvalue weighted by Gasteiger charge is 2.31. The molecule has 0 aromatic heterocycles. The molecule has 0 N–H and O–H groups in total. The van der Waals surface area contributed by atoms with E-state index in [2.05, 4.69) is 0 Å². The summed E-state index contributed by atoms with van der Waals surface area (Å²) in [5.41, 5.74) is 0. The van der Waals surface area contributed by atoms with Gasteiger partial charge in [-0.2, -0.15) is 4.31 Å². The fourth-order valence-corrected chi connectivity index (χ4v) is 5.45. The summed E-state index contributed by atoms with van der Waals surface area (Å²) in [7, 11) is -3.68. The molecule has 0 bridgehead atoms. The van der Waals surface area contributed by atoms with E-state index in [4.69, 9.17) is 11.6 Å². The van der Waals surface area contributed by atoms with E-state index < -0.39 is 10.0 Å². The Hall–Kier alpha value is -1.61. The molecule has 1 aliphatic rings. The van der Waals surface area contributed by atoms with Crippen molar-refractivity contribution in [3.63, 3.8) is 0 Å². The summed E-state index contributed by atoms with van der Waals surface area (Å²) in [4.78, 5) is 14.9. The third-order valence-corrected chi connectivity index (χ3v) is 7.62.